The van der Waals surface area contributed by atoms with E-state index in [4.69, 9.17) is 5.73 Å². The number of nitrogens with two attached hydrogens (primary N) is 1. The Morgan fingerprint density at radius 3 is 2.81 bits per heavy atom. The van der Waals surface area contributed by atoms with Crippen LogP contribution in [0.5, 0.6) is 0 Å². The van der Waals surface area contributed by atoms with E-state index < -0.39 is 17.2 Å². The van der Waals surface area contributed by atoms with Crippen molar-refractivity contribution in [1.29, 1.82) is 0 Å². The van der Waals surface area contributed by atoms with E-state index in [1.165, 1.54) is 4.88 Å². The number of aromatic amines is 1. The maximum absolute atomic E-state index is 12.6. The van der Waals surface area contributed by atoms with Gasteiger partial charge in [-0.15, -0.1) is 11.3 Å². The number of hydrogen-bond acceptors (Lipinski definition) is 6. The lowest BCUT2D eigenvalue weighted by atomic mass is 9.89. The summed E-state index contributed by atoms with van der Waals surface area (Å²) >= 11 is 2.71. The SMILES string of the molecule is CC(C)[C@H](Sc1nc2sc3c(c2c(=O)[nH]1)CC[C@@H](C)C3)C(=O)NC(N)=O. The molecule has 0 aromatic carbocycles. The van der Waals surface area contributed by atoms with E-state index in [0.29, 0.717) is 21.3 Å². The standard InChI is InChI=1S/C17H22N4O3S2/c1-7(2)12(14(23)19-16(18)24)26-17-20-13(22)11-9-5-4-8(3)6-10(9)25-15(11)21-17/h7-8,12H,4-6H2,1-3H3,(H,20,21,22)(H3,18,19,23,24)/t8-,12+/m1/s1. The Kier molecular flexibility index (Phi) is 5.38. The van der Waals surface area contributed by atoms with Gasteiger partial charge in [0.1, 0.15) is 4.83 Å². The van der Waals surface area contributed by atoms with Crippen molar-refractivity contribution in [3.8, 4) is 0 Å². The van der Waals surface area contributed by atoms with E-state index in [2.05, 4.69) is 22.2 Å². The minimum absolute atomic E-state index is 0.0715. The Labute approximate surface area is 159 Å². The van der Waals surface area contributed by atoms with E-state index in [-0.39, 0.29) is 11.5 Å². The van der Waals surface area contributed by atoms with Gasteiger partial charge in [0.05, 0.1) is 10.6 Å². The number of primary amides is 1. The third-order valence-electron chi connectivity index (χ3n) is 4.49. The van der Waals surface area contributed by atoms with Gasteiger partial charge in [0, 0.05) is 4.88 Å². The van der Waals surface area contributed by atoms with Crippen LogP contribution in [-0.2, 0) is 17.6 Å². The van der Waals surface area contributed by atoms with Crippen molar-refractivity contribution in [1.82, 2.24) is 15.3 Å². The van der Waals surface area contributed by atoms with Gasteiger partial charge in [-0.25, -0.2) is 9.78 Å². The summed E-state index contributed by atoms with van der Waals surface area (Å²) in [5.74, 6) is 0.0589. The molecule has 1 aliphatic carbocycles. The maximum Gasteiger partial charge on any atom is 0.318 e. The number of imide groups is 1. The predicted octanol–water partition coefficient (Wildman–Crippen LogP) is 2.42. The molecule has 9 heteroatoms. The summed E-state index contributed by atoms with van der Waals surface area (Å²) in [6, 6.07) is -0.891. The Bertz CT molecular complexity index is 919. The molecule has 0 radical (unpaired) electrons. The van der Waals surface area contributed by atoms with Crippen molar-refractivity contribution >= 4 is 45.3 Å². The minimum Gasteiger partial charge on any atom is -0.351 e. The fourth-order valence-electron chi connectivity index (χ4n) is 3.19. The first-order valence-corrected chi connectivity index (χ1v) is 10.3. The molecule has 0 bridgehead atoms. The second kappa shape index (κ2) is 7.40. The molecule has 26 heavy (non-hydrogen) atoms. The largest absolute Gasteiger partial charge is 0.351 e. The highest BCUT2D eigenvalue weighted by Gasteiger charge is 2.27. The number of carbonyl (C=O) groups excluding carboxylic acids is 2. The normalized spacial score (nSPS) is 17.9. The first kappa shape index (κ1) is 18.9. The summed E-state index contributed by atoms with van der Waals surface area (Å²) in [5.41, 5.74) is 6.00. The highest BCUT2D eigenvalue weighted by molar-refractivity contribution is 8.00. The van der Waals surface area contributed by atoms with Crippen LogP contribution in [0.3, 0.4) is 0 Å². The van der Waals surface area contributed by atoms with E-state index in [0.717, 1.165) is 36.6 Å². The summed E-state index contributed by atoms with van der Waals surface area (Å²) in [6.45, 7) is 5.94. The van der Waals surface area contributed by atoms with Crippen molar-refractivity contribution in [3.63, 3.8) is 0 Å². The third-order valence-corrected chi connectivity index (χ3v) is 7.07. The van der Waals surface area contributed by atoms with Crippen LogP contribution in [0.1, 0.15) is 37.6 Å². The van der Waals surface area contributed by atoms with E-state index in [9.17, 15) is 14.4 Å². The Morgan fingerprint density at radius 1 is 1.42 bits per heavy atom. The van der Waals surface area contributed by atoms with Gasteiger partial charge in [0.15, 0.2) is 5.16 Å². The number of nitrogens with one attached hydrogen (secondary N) is 2. The van der Waals surface area contributed by atoms with Gasteiger partial charge >= 0.3 is 6.03 Å². The van der Waals surface area contributed by atoms with Crippen molar-refractivity contribution in [2.75, 3.05) is 0 Å². The average molecular weight is 395 g/mol. The van der Waals surface area contributed by atoms with E-state index >= 15 is 0 Å². The number of thiophene rings is 1. The summed E-state index contributed by atoms with van der Waals surface area (Å²) in [6.07, 6.45) is 2.97. The molecule has 2 aromatic heterocycles. The Hall–Kier alpha value is -1.87. The average Bonchev–Trinajstić information content (AvgIpc) is 2.88. The summed E-state index contributed by atoms with van der Waals surface area (Å²) in [7, 11) is 0. The fraction of sp³-hybridized carbons (Fsp3) is 0.529. The minimum atomic E-state index is -0.891. The van der Waals surface area contributed by atoms with Gasteiger partial charge in [0.2, 0.25) is 5.91 Å². The molecule has 7 nitrogen and oxygen atoms in total. The molecular weight excluding hydrogens is 372 g/mol. The molecule has 0 spiro atoms. The summed E-state index contributed by atoms with van der Waals surface area (Å²) < 4.78 is 0. The van der Waals surface area contributed by atoms with Crippen LogP contribution < -0.4 is 16.6 Å². The first-order valence-electron chi connectivity index (χ1n) is 8.57. The molecule has 0 saturated carbocycles. The van der Waals surface area contributed by atoms with Crippen LogP contribution in [0.15, 0.2) is 9.95 Å². The predicted molar refractivity (Wildman–Crippen MR) is 104 cm³/mol. The number of urea groups is 1. The lowest BCUT2D eigenvalue weighted by Crippen LogP contribution is -2.42. The van der Waals surface area contributed by atoms with Crippen molar-refractivity contribution in [2.24, 2.45) is 17.6 Å². The number of aryl methyl sites for hydroxylation is 1. The molecular formula is C17H22N4O3S2. The zero-order chi connectivity index (χ0) is 19.0. The number of hydrogen-bond donors (Lipinski definition) is 3. The first-order chi connectivity index (χ1) is 12.3. The number of aromatic nitrogens is 2. The van der Waals surface area contributed by atoms with Crippen LogP contribution in [0.2, 0.25) is 0 Å². The molecule has 4 N–H and O–H groups in total. The molecule has 140 valence electrons. The molecule has 0 saturated heterocycles. The van der Waals surface area contributed by atoms with Crippen molar-refractivity contribution in [2.45, 2.75) is 50.4 Å². The van der Waals surface area contributed by atoms with Gasteiger partial charge in [-0.1, -0.05) is 32.5 Å². The Balaban J connectivity index is 1.94. The number of rotatable bonds is 4. The zero-order valence-corrected chi connectivity index (χ0v) is 16.6. The summed E-state index contributed by atoms with van der Waals surface area (Å²) in [4.78, 5) is 45.1. The second-order valence-corrected chi connectivity index (χ2v) is 9.25. The smallest absolute Gasteiger partial charge is 0.318 e. The van der Waals surface area contributed by atoms with Gasteiger partial charge in [0.25, 0.3) is 5.56 Å². The molecule has 0 aliphatic heterocycles. The fourth-order valence-corrected chi connectivity index (χ4v) is 5.61. The molecule has 3 rings (SSSR count). The number of thioether (sulfide) groups is 1. The molecule has 1 aliphatic rings. The number of nitrogens with zero attached hydrogens (tertiary/aromatic N) is 1. The van der Waals surface area contributed by atoms with Crippen LogP contribution in [0, 0.1) is 11.8 Å². The highest BCUT2D eigenvalue weighted by Crippen LogP contribution is 2.36. The van der Waals surface area contributed by atoms with Gasteiger partial charge < -0.3 is 10.7 Å². The number of H-pyrrole nitrogens is 1. The number of carbonyl (C=O) groups is 2. The van der Waals surface area contributed by atoms with Crippen LogP contribution in [0.25, 0.3) is 10.2 Å². The van der Waals surface area contributed by atoms with Gasteiger partial charge in [-0.3, -0.25) is 14.9 Å². The molecule has 3 amide bonds. The van der Waals surface area contributed by atoms with Gasteiger partial charge in [-0.2, -0.15) is 0 Å². The topological polar surface area (TPSA) is 118 Å². The van der Waals surface area contributed by atoms with E-state index in [1.54, 1.807) is 11.3 Å². The molecule has 0 fully saturated rings. The maximum atomic E-state index is 12.6. The number of fused-ring (bicyclic) bond motifs is 3. The lowest BCUT2D eigenvalue weighted by Gasteiger charge is -2.18. The lowest BCUT2D eigenvalue weighted by molar-refractivity contribution is -0.120. The highest BCUT2D eigenvalue weighted by atomic mass is 32.2. The summed E-state index contributed by atoms with van der Waals surface area (Å²) in [5, 5.41) is 2.58. The van der Waals surface area contributed by atoms with Gasteiger partial charge in [-0.05, 0) is 36.7 Å². The van der Waals surface area contributed by atoms with E-state index in [1.807, 2.05) is 13.8 Å². The molecule has 2 heterocycles. The van der Waals surface area contributed by atoms with Crippen LogP contribution in [0.4, 0.5) is 4.79 Å². The number of amides is 3. The monoisotopic (exact) mass is 394 g/mol. The van der Waals surface area contributed by atoms with Crippen LogP contribution >= 0.6 is 23.1 Å². The third kappa shape index (κ3) is 3.78. The Morgan fingerprint density at radius 2 is 2.15 bits per heavy atom. The van der Waals surface area contributed by atoms with Crippen molar-refractivity contribution in [3.05, 3.63) is 20.8 Å². The molecule has 0 unspecified atom stereocenters. The van der Waals surface area contributed by atoms with Crippen LogP contribution in [-0.4, -0.2) is 27.2 Å². The quantitative estimate of drug-likeness (QED) is 0.544. The second-order valence-electron chi connectivity index (χ2n) is 7.04. The zero-order valence-electron chi connectivity index (χ0n) is 14.9. The molecule has 2 atom stereocenters. The molecule has 2 aromatic rings. The van der Waals surface area contributed by atoms with Crippen molar-refractivity contribution < 1.29 is 9.59 Å².